The lowest BCUT2D eigenvalue weighted by Gasteiger charge is -2.39. The van der Waals surface area contributed by atoms with Gasteiger partial charge in [0.15, 0.2) is 11.5 Å². The molecular formula is C13H18O3S. The molecule has 1 aromatic carbocycles. The smallest absolute Gasteiger partial charge is 0.164 e. The van der Waals surface area contributed by atoms with Gasteiger partial charge < -0.3 is 14.2 Å². The van der Waals surface area contributed by atoms with Gasteiger partial charge in [-0.15, -0.1) is 0 Å². The molecule has 1 heterocycles. The van der Waals surface area contributed by atoms with Crippen LogP contribution in [-0.2, 0) is 4.75 Å². The normalized spacial score (nSPS) is 22.8. The molecule has 1 fully saturated rings. The van der Waals surface area contributed by atoms with E-state index < -0.39 is 0 Å². The van der Waals surface area contributed by atoms with Crippen molar-refractivity contribution < 1.29 is 14.2 Å². The Morgan fingerprint density at radius 2 is 1.53 bits per heavy atom. The number of methoxy groups -OCH3 is 3. The molecule has 0 spiro atoms. The van der Waals surface area contributed by atoms with Gasteiger partial charge in [0.2, 0.25) is 0 Å². The van der Waals surface area contributed by atoms with Crippen molar-refractivity contribution in [1.29, 1.82) is 0 Å². The maximum Gasteiger partial charge on any atom is 0.164 e. The van der Waals surface area contributed by atoms with Crippen LogP contribution in [0.3, 0.4) is 0 Å². The van der Waals surface area contributed by atoms with Crippen LogP contribution in [0.25, 0.3) is 0 Å². The third-order valence-electron chi connectivity index (χ3n) is 3.28. The largest absolute Gasteiger partial charge is 0.496 e. The van der Waals surface area contributed by atoms with Gasteiger partial charge in [-0.2, -0.15) is 11.8 Å². The molecule has 17 heavy (non-hydrogen) atoms. The summed E-state index contributed by atoms with van der Waals surface area (Å²) >= 11 is 1.95. The van der Waals surface area contributed by atoms with Gasteiger partial charge in [0, 0.05) is 16.4 Å². The van der Waals surface area contributed by atoms with Crippen LogP contribution in [0.2, 0.25) is 0 Å². The summed E-state index contributed by atoms with van der Waals surface area (Å²) in [5.74, 6) is 3.55. The van der Waals surface area contributed by atoms with Crippen molar-refractivity contribution >= 4 is 11.8 Å². The first-order chi connectivity index (χ1) is 8.14. The lowest BCUT2D eigenvalue weighted by atomic mass is 9.95. The van der Waals surface area contributed by atoms with Gasteiger partial charge in [0.25, 0.3) is 0 Å². The van der Waals surface area contributed by atoms with E-state index in [2.05, 4.69) is 6.92 Å². The Labute approximate surface area is 106 Å². The second-order valence-corrected chi connectivity index (χ2v) is 5.83. The number of hydrogen-bond donors (Lipinski definition) is 0. The minimum absolute atomic E-state index is 0.144. The lowest BCUT2D eigenvalue weighted by molar-refractivity contribution is 0.345. The van der Waals surface area contributed by atoms with Crippen LogP contribution in [-0.4, -0.2) is 27.1 Å². The maximum absolute atomic E-state index is 5.46. The molecule has 1 atom stereocenters. The van der Waals surface area contributed by atoms with Crippen LogP contribution in [0.5, 0.6) is 17.2 Å². The molecule has 0 aliphatic carbocycles. The van der Waals surface area contributed by atoms with Gasteiger partial charge in [-0.25, -0.2) is 0 Å². The molecule has 0 aromatic heterocycles. The SMILES string of the molecule is COc1cc(OC)c(C2(C)CCS2)cc1OC. The third-order valence-corrected chi connectivity index (χ3v) is 4.74. The molecule has 3 nitrogen and oxygen atoms in total. The molecule has 94 valence electrons. The van der Waals surface area contributed by atoms with Gasteiger partial charge in [-0.1, -0.05) is 0 Å². The van der Waals surface area contributed by atoms with Crippen molar-refractivity contribution in [2.75, 3.05) is 27.1 Å². The first-order valence-corrected chi connectivity index (χ1v) is 6.57. The first-order valence-electron chi connectivity index (χ1n) is 5.59. The summed E-state index contributed by atoms with van der Waals surface area (Å²) < 4.78 is 16.2. The summed E-state index contributed by atoms with van der Waals surface area (Å²) in [6.45, 7) is 2.24. The second kappa shape index (κ2) is 4.69. The molecule has 1 aromatic rings. The molecule has 0 bridgehead atoms. The molecule has 0 N–H and O–H groups in total. The summed E-state index contributed by atoms with van der Waals surface area (Å²) in [4.78, 5) is 0. The van der Waals surface area contributed by atoms with Crippen LogP contribution in [0.4, 0.5) is 0 Å². The number of thioether (sulfide) groups is 1. The third kappa shape index (κ3) is 2.06. The summed E-state index contributed by atoms with van der Waals surface area (Å²) in [5, 5.41) is 0. The van der Waals surface area contributed by atoms with Crippen molar-refractivity contribution in [2.24, 2.45) is 0 Å². The predicted molar refractivity (Wildman–Crippen MR) is 70.5 cm³/mol. The predicted octanol–water partition coefficient (Wildman–Crippen LogP) is 3.06. The van der Waals surface area contributed by atoms with E-state index in [0.717, 1.165) is 11.5 Å². The molecule has 0 radical (unpaired) electrons. The zero-order valence-corrected chi connectivity index (χ0v) is 11.5. The van der Waals surface area contributed by atoms with Crippen molar-refractivity contribution in [3.05, 3.63) is 17.7 Å². The molecule has 0 amide bonds. The van der Waals surface area contributed by atoms with Crippen molar-refractivity contribution in [3.8, 4) is 17.2 Å². The standard InChI is InChI=1S/C13H18O3S/c1-13(5-6-17-13)9-7-11(15-3)12(16-4)8-10(9)14-2/h7-8H,5-6H2,1-4H3. The minimum atomic E-state index is 0.144. The summed E-state index contributed by atoms with van der Waals surface area (Å²) in [5.41, 5.74) is 1.19. The number of benzene rings is 1. The van der Waals surface area contributed by atoms with E-state index in [1.165, 1.54) is 17.7 Å². The minimum Gasteiger partial charge on any atom is -0.496 e. The van der Waals surface area contributed by atoms with Crippen molar-refractivity contribution in [3.63, 3.8) is 0 Å². The van der Waals surface area contributed by atoms with E-state index in [9.17, 15) is 0 Å². The Morgan fingerprint density at radius 3 is 1.94 bits per heavy atom. The fourth-order valence-electron chi connectivity index (χ4n) is 2.06. The van der Waals surface area contributed by atoms with E-state index in [4.69, 9.17) is 14.2 Å². The average Bonchev–Trinajstić information content (AvgIpc) is 2.34. The van der Waals surface area contributed by atoms with E-state index in [0.29, 0.717) is 5.75 Å². The van der Waals surface area contributed by atoms with E-state index >= 15 is 0 Å². The molecule has 1 saturated heterocycles. The Morgan fingerprint density at radius 1 is 1.00 bits per heavy atom. The Hall–Kier alpha value is -1.03. The zero-order valence-electron chi connectivity index (χ0n) is 10.7. The van der Waals surface area contributed by atoms with Gasteiger partial charge in [0.1, 0.15) is 5.75 Å². The molecule has 2 rings (SSSR count). The number of hydrogen-bond acceptors (Lipinski definition) is 4. The highest BCUT2D eigenvalue weighted by atomic mass is 32.2. The number of rotatable bonds is 4. The second-order valence-electron chi connectivity index (χ2n) is 4.24. The Kier molecular flexibility index (Phi) is 3.43. The number of ether oxygens (including phenoxy) is 3. The van der Waals surface area contributed by atoms with Crippen LogP contribution >= 0.6 is 11.8 Å². The van der Waals surface area contributed by atoms with Gasteiger partial charge in [-0.3, -0.25) is 0 Å². The molecule has 4 heteroatoms. The average molecular weight is 254 g/mol. The monoisotopic (exact) mass is 254 g/mol. The van der Waals surface area contributed by atoms with E-state index in [-0.39, 0.29) is 4.75 Å². The van der Waals surface area contributed by atoms with Crippen LogP contribution < -0.4 is 14.2 Å². The van der Waals surface area contributed by atoms with Gasteiger partial charge in [0.05, 0.1) is 21.3 Å². The topological polar surface area (TPSA) is 27.7 Å². The maximum atomic E-state index is 5.46. The quantitative estimate of drug-likeness (QED) is 0.825. The summed E-state index contributed by atoms with van der Waals surface area (Å²) in [7, 11) is 4.98. The van der Waals surface area contributed by atoms with Crippen molar-refractivity contribution in [2.45, 2.75) is 18.1 Å². The van der Waals surface area contributed by atoms with E-state index in [1.54, 1.807) is 21.3 Å². The van der Waals surface area contributed by atoms with E-state index in [1.807, 2.05) is 23.9 Å². The highest BCUT2D eigenvalue weighted by Gasteiger charge is 2.37. The van der Waals surface area contributed by atoms with Crippen LogP contribution in [0.15, 0.2) is 12.1 Å². The fourth-order valence-corrected chi connectivity index (χ4v) is 3.19. The summed E-state index contributed by atoms with van der Waals surface area (Å²) in [6, 6.07) is 3.93. The van der Waals surface area contributed by atoms with Crippen molar-refractivity contribution in [1.82, 2.24) is 0 Å². The van der Waals surface area contributed by atoms with Crippen LogP contribution in [0.1, 0.15) is 18.9 Å². The highest BCUT2D eigenvalue weighted by Crippen LogP contribution is 2.53. The lowest BCUT2D eigenvalue weighted by Crippen LogP contribution is -2.28. The zero-order chi connectivity index (χ0) is 12.5. The fraction of sp³-hybridized carbons (Fsp3) is 0.538. The molecule has 1 aliphatic heterocycles. The Balaban J connectivity index is 2.49. The highest BCUT2D eigenvalue weighted by molar-refractivity contribution is 8.01. The molecule has 0 saturated carbocycles. The molecular weight excluding hydrogens is 236 g/mol. The molecule has 1 unspecified atom stereocenters. The van der Waals surface area contributed by atoms with Crippen LogP contribution in [0, 0.1) is 0 Å². The van der Waals surface area contributed by atoms with Gasteiger partial charge in [-0.05, 0) is 25.2 Å². The van der Waals surface area contributed by atoms with Gasteiger partial charge >= 0.3 is 0 Å². The summed E-state index contributed by atoms with van der Waals surface area (Å²) in [6.07, 6.45) is 1.17. The first kappa shape index (κ1) is 12.4. The molecule has 1 aliphatic rings. The Bertz CT molecular complexity index is 413.